The molecule has 0 spiro atoms. The van der Waals surface area contributed by atoms with Crippen LogP contribution in [0.3, 0.4) is 0 Å². The Hall–Kier alpha value is -1.12. The number of carbonyl (C=O) groups is 1. The normalized spacial score (nSPS) is 18.0. The Bertz CT molecular complexity index is 286. The lowest BCUT2D eigenvalue weighted by molar-refractivity contribution is -0.120. The van der Waals surface area contributed by atoms with Crippen molar-refractivity contribution in [3.63, 3.8) is 0 Å². The molecule has 0 aromatic carbocycles. The van der Waals surface area contributed by atoms with Crippen LogP contribution in [0.4, 0.5) is 0 Å². The van der Waals surface area contributed by atoms with Gasteiger partial charge in [-0.05, 0) is 5.92 Å². The van der Waals surface area contributed by atoms with Crippen molar-refractivity contribution >= 4 is 5.91 Å². The van der Waals surface area contributed by atoms with Crippen LogP contribution in [0, 0.1) is 29.1 Å². The van der Waals surface area contributed by atoms with Gasteiger partial charge in [0, 0.05) is 25.5 Å². The SMILES string of the molecule is CC(=O)N[C@@H](C(C)C)[C@@H](C#N)[C@@H](O)[C@H](C)CO. The number of hydrogen-bond acceptors (Lipinski definition) is 4. The first kappa shape index (κ1) is 15.9. The molecule has 0 rings (SSSR count). The van der Waals surface area contributed by atoms with E-state index in [1.165, 1.54) is 6.92 Å². The highest BCUT2D eigenvalue weighted by molar-refractivity contribution is 5.73. The molecule has 0 saturated carbocycles. The number of amides is 1. The van der Waals surface area contributed by atoms with E-state index >= 15 is 0 Å². The van der Waals surface area contributed by atoms with E-state index in [1.807, 2.05) is 19.9 Å². The first-order valence-corrected chi connectivity index (χ1v) is 5.80. The largest absolute Gasteiger partial charge is 0.396 e. The van der Waals surface area contributed by atoms with E-state index < -0.39 is 24.0 Å². The van der Waals surface area contributed by atoms with Crippen molar-refractivity contribution in [3.05, 3.63) is 0 Å². The molecule has 0 aliphatic carbocycles. The first-order chi connectivity index (χ1) is 7.84. The summed E-state index contributed by atoms with van der Waals surface area (Å²) in [7, 11) is 0. The molecule has 0 unspecified atom stereocenters. The Kier molecular flexibility index (Phi) is 6.78. The standard InChI is InChI=1S/C12H22N2O3/c1-7(2)11(14-9(4)16)10(5-13)12(17)8(3)6-15/h7-8,10-12,15,17H,6H2,1-4H3,(H,14,16)/t8-,10-,11+,12+/m1/s1. The zero-order valence-electron chi connectivity index (χ0n) is 10.8. The summed E-state index contributed by atoms with van der Waals surface area (Å²) in [5.41, 5.74) is 0. The third-order valence-electron chi connectivity index (χ3n) is 2.86. The summed E-state index contributed by atoms with van der Waals surface area (Å²) in [4.78, 5) is 11.1. The molecule has 17 heavy (non-hydrogen) atoms. The maximum Gasteiger partial charge on any atom is 0.217 e. The molecule has 0 aromatic heterocycles. The Morgan fingerprint density at radius 2 is 1.94 bits per heavy atom. The fraction of sp³-hybridized carbons (Fsp3) is 0.833. The smallest absolute Gasteiger partial charge is 0.217 e. The van der Waals surface area contributed by atoms with E-state index in [-0.39, 0.29) is 18.4 Å². The van der Waals surface area contributed by atoms with Crippen LogP contribution in [0.5, 0.6) is 0 Å². The molecule has 0 heterocycles. The summed E-state index contributed by atoms with van der Waals surface area (Å²) in [6.07, 6.45) is -0.954. The van der Waals surface area contributed by atoms with Gasteiger partial charge in [-0.2, -0.15) is 5.26 Å². The van der Waals surface area contributed by atoms with Crippen LogP contribution < -0.4 is 5.32 Å². The predicted molar refractivity (Wildman–Crippen MR) is 63.8 cm³/mol. The third kappa shape index (κ3) is 4.72. The van der Waals surface area contributed by atoms with E-state index in [0.29, 0.717) is 0 Å². The maximum absolute atomic E-state index is 11.1. The fourth-order valence-electron chi connectivity index (χ4n) is 1.74. The van der Waals surface area contributed by atoms with Crippen molar-refractivity contribution in [2.75, 3.05) is 6.61 Å². The molecule has 5 nitrogen and oxygen atoms in total. The van der Waals surface area contributed by atoms with Gasteiger partial charge in [0.05, 0.1) is 18.1 Å². The number of rotatable bonds is 6. The Labute approximate surface area is 102 Å². The minimum Gasteiger partial charge on any atom is -0.396 e. The maximum atomic E-state index is 11.1. The fourth-order valence-corrected chi connectivity index (χ4v) is 1.74. The molecule has 4 atom stereocenters. The van der Waals surface area contributed by atoms with Gasteiger partial charge in [-0.3, -0.25) is 4.79 Å². The average Bonchev–Trinajstić information content (AvgIpc) is 2.26. The van der Waals surface area contributed by atoms with Gasteiger partial charge in [-0.1, -0.05) is 20.8 Å². The van der Waals surface area contributed by atoms with Crippen LogP contribution >= 0.6 is 0 Å². The van der Waals surface area contributed by atoms with Crippen molar-refractivity contribution in [3.8, 4) is 6.07 Å². The molecule has 0 radical (unpaired) electrons. The van der Waals surface area contributed by atoms with Gasteiger partial charge >= 0.3 is 0 Å². The van der Waals surface area contributed by atoms with Gasteiger partial charge in [-0.15, -0.1) is 0 Å². The molecular weight excluding hydrogens is 220 g/mol. The lowest BCUT2D eigenvalue weighted by atomic mass is 9.82. The number of nitrogens with zero attached hydrogens (tertiary/aromatic N) is 1. The molecule has 0 aliphatic heterocycles. The van der Waals surface area contributed by atoms with Crippen molar-refractivity contribution in [1.29, 1.82) is 5.26 Å². The predicted octanol–water partition coefficient (Wildman–Crippen LogP) is 0.276. The van der Waals surface area contributed by atoms with Gasteiger partial charge in [-0.25, -0.2) is 0 Å². The summed E-state index contributed by atoms with van der Waals surface area (Å²) >= 11 is 0. The number of carbonyl (C=O) groups excluding carboxylic acids is 1. The lowest BCUT2D eigenvalue weighted by Gasteiger charge is -2.31. The summed E-state index contributed by atoms with van der Waals surface area (Å²) in [6, 6.07) is 1.61. The molecule has 0 bridgehead atoms. The first-order valence-electron chi connectivity index (χ1n) is 5.80. The highest BCUT2D eigenvalue weighted by Gasteiger charge is 2.33. The summed E-state index contributed by atoms with van der Waals surface area (Å²) in [5, 5.41) is 30.8. The van der Waals surface area contributed by atoms with Crippen molar-refractivity contribution in [1.82, 2.24) is 5.32 Å². The van der Waals surface area contributed by atoms with E-state index in [0.717, 1.165) is 0 Å². The van der Waals surface area contributed by atoms with Gasteiger partial charge in [0.25, 0.3) is 0 Å². The van der Waals surface area contributed by atoms with E-state index in [9.17, 15) is 9.90 Å². The second kappa shape index (κ2) is 7.25. The molecular formula is C12H22N2O3. The molecule has 5 heteroatoms. The van der Waals surface area contributed by atoms with Crippen LogP contribution in [0.25, 0.3) is 0 Å². The number of nitrogens with one attached hydrogen (secondary N) is 1. The number of nitriles is 1. The molecule has 1 amide bonds. The minimum absolute atomic E-state index is 0.0316. The van der Waals surface area contributed by atoms with E-state index in [1.54, 1.807) is 6.92 Å². The van der Waals surface area contributed by atoms with Crippen LogP contribution in [-0.4, -0.2) is 34.9 Å². The summed E-state index contributed by atoms with van der Waals surface area (Å²) in [5.74, 6) is -1.31. The Morgan fingerprint density at radius 1 is 1.41 bits per heavy atom. The Morgan fingerprint density at radius 3 is 2.24 bits per heavy atom. The summed E-state index contributed by atoms with van der Waals surface area (Å²) in [6.45, 7) is 6.61. The quantitative estimate of drug-likeness (QED) is 0.623. The van der Waals surface area contributed by atoms with Gasteiger partial charge in [0.15, 0.2) is 0 Å². The topological polar surface area (TPSA) is 93.4 Å². The highest BCUT2D eigenvalue weighted by atomic mass is 16.3. The van der Waals surface area contributed by atoms with E-state index in [2.05, 4.69) is 5.32 Å². The van der Waals surface area contributed by atoms with Gasteiger partial charge in [0.2, 0.25) is 5.91 Å². The van der Waals surface area contributed by atoms with Crippen molar-refractivity contribution < 1.29 is 15.0 Å². The monoisotopic (exact) mass is 242 g/mol. The second-order valence-corrected chi connectivity index (χ2v) is 4.78. The Balaban J connectivity index is 4.91. The van der Waals surface area contributed by atoms with Gasteiger partial charge < -0.3 is 15.5 Å². The minimum atomic E-state index is -0.954. The highest BCUT2D eigenvalue weighted by Crippen LogP contribution is 2.21. The number of aliphatic hydroxyl groups excluding tert-OH is 2. The molecule has 3 N–H and O–H groups in total. The van der Waals surface area contributed by atoms with Crippen LogP contribution in [0.15, 0.2) is 0 Å². The van der Waals surface area contributed by atoms with E-state index in [4.69, 9.17) is 10.4 Å². The zero-order valence-corrected chi connectivity index (χ0v) is 10.8. The molecule has 98 valence electrons. The third-order valence-corrected chi connectivity index (χ3v) is 2.86. The van der Waals surface area contributed by atoms with Crippen LogP contribution in [0.1, 0.15) is 27.7 Å². The molecule has 0 fully saturated rings. The molecule has 0 aliphatic rings. The summed E-state index contributed by atoms with van der Waals surface area (Å²) < 4.78 is 0. The van der Waals surface area contributed by atoms with Crippen molar-refractivity contribution in [2.45, 2.75) is 39.8 Å². The van der Waals surface area contributed by atoms with Crippen LogP contribution in [-0.2, 0) is 4.79 Å². The lowest BCUT2D eigenvalue weighted by Crippen LogP contribution is -2.48. The molecule has 0 aromatic rings. The average molecular weight is 242 g/mol. The number of hydrogen-bond donors (Lipinski definition) is 3. The van der Waals surface area contributed by atoms with Crippen molar-refractivity contribution in [2.24, 2.45) is 17.8 Å². The number of aliphatic hydroxyl groups is 2. The van der Waals surface area contributed by atoms with Gasteiger partial charge in [0.1, 0.15) is 0 Å². The molecule has 0 saturated heterocycles. The second-order valence-electron chi connectivity index (χ2n) is 4.78. The van der Waals surface area contributed by atoms with Crippen LogP contribution in [0.2, 0.25) is 0 Å². The zero-order chi connectivity index (χ0) is 13.6.